The summed E-state index contributed by atoms with van der Waals surface area (Å²) < 4.78 is 32.4. The van der Waals surface area contributed by atoms with Crippen LogP contribution in [0, 0.1) is 17.0 Å². The van der Waals surface area contributed by atoms with E-state index in [0.717, 1.165) is 17.4 Å². The van der Waals surface area contributed by atoms with Gasteiger partial charge in [-0.3, -0.25) is 4.79 Å². The molecule has 2 aromatic rings. The van der Waals surface area contributed by atoms with Gasteiger partial charge in [-0.15, -0.1) is 0 Å². The number of piperidine rings is 1. The van der Waals surface area contributed by atoms with Gasteiger partial charge in [0.15, 0.2) is 0 Å². The highest BCUT2D eigenvalue weighted by molar-refractivity contribution is 5.91. The maximum absolute atomic E-state index is 14.1. The van der Waals surface area contributed by atoms with Crippen molar-refractivity contribution in [3.63, 3.8) is 0 Å². The SMILES string of the molecule is COc1ccc(/C=C/C(=O)N2CCC[C@](CO)(Cc3ccc(F)cc3F)C2)cc1. The zero-order chi connectivity index (χ0) is 20.9. The zero-order valence-electron chi connectivity index (χ0n) is 16.4. The van der Waals surface area contributed by atoms with Crippen LogP contribution in [0.3, 0.4) is 0 Å². The third-order valence-corrected chi connectivity index (χ3v) is 5.42. The number of aliphatic hydroxyl groups excluding tert-OH is 1. The van der Waals surface area contributed by atoms with E-state index in [1.54, 1.807) is 18.1 Å². The summed E-state index contributed by atoms with van der Waals surface area (Å²) in [5.74, 6) is -0.669. The molecular formula is C23H25F2NO3. The number of carbonyl (C=O) groups excluding carboxylic acids is 1. The molecule has 1 aliphatic heterocycles. The number of hydrogen-bond acceptors (Lipinski definition) is 3. The molecule has 1 atom stereocenters. The molecule has 1 aliphatic rings. The summed E-state index contributed by atoms with van der Waals surface area (Å²) in [6, 6.07) is 10.8. The number of likely N-dealkylation sites (tertiary alicyclic amines) is 1. The minimum absolute atomic E-state index is 0.155. The van der Waals surface area contributed by atoms with Crippen molar-refractivity contribution in [2.45, 2.75) is 19.3 Å². The highest BCUT2D eigenvalue weighted by atomic mass is 19.1. The van der Waals surface area contributed by atoms with E-state index in [4.69, 9.17) is 4.74 Å². The molecule has 3 rings (SSSR count). The molecule has 0 saturated carbocycles. The lowest BCUT2D eigenvalue weighted by Gasteiger charge is -2.41. The number of ether oxygens (including phenoxy) is 1. The zero-order valence-corrected chi connectivity index (χ0v) is 16.4. The van der Waals surface area contributed by atoms with Crippen molar-refractivity contribution >= 4 is 12.0 Å². The Morgan fingerprint density at radius 1 is 1.24 bits per heavy atom. The maximum atomic E-state index is 14.1. The lowest BCUT2D eigenvalue weighted by Crippen LogP contribution is -2.48. The fourth-order valence-electron chi connectivity index (χ4n) is 3.78. The van der Waals surface area contributed by atoms with Gasteiger partial charge in [0, 0.05) is 30.6 Å². The van der Waals surface area contributed by atoms with Crippen LogP contribution in [0.5, 0.6) is 5.75 Å². The molecule has 4 nitrogen and oxygen atoms in total. The van der Waals surface area contributed by atoms with Crippen molar-refractivity contribution in [3.05, 3.63) is 71.3 Å². The fourth-order valence-corrected chi connectivity index (χ4v) is 3.78. The number of rotatable bonds is 6. The van der Waals surface area contributed by atoms with E-state index in [1.165, 1.54) is 18.2 Å². The fraction of sp³-hybridized carbons (Fsp3) is 0.348. The molecule has 0 aliphatic carbocycles. The summed E-state index contributed by atoms with van der Waals surface area (Å²) in [6.07, 6.45) is 4.88. The summed E-state index contributed by atoms with van der Waals surface area (Å²) >= 11 is 0. The largest absolute Gasteiger partial charge is 0.497 e. The Bertz CT molecular complexity index is 882. The standard InChI is InChI=1S/C23H25F2NO3/c1-29-20-8-3-17(4-9-20)5-10-22(28)26-12-2-11-23(15-26,16-27)14-18-6-7-19(24)13-21(18)25/h3-10,13,27H,2,11-12,14-16H2,1H3/b10-5+/t23-/m0/s1. The molecule has 1 N–H and O–H groups in total. The van der Waals surface area contributed by atoms with Crippen LogP contribution in [0.4, 0.5) is 8.78 Å². The number of nitrogens with zero attached hydrogens (tertiary/aromatic N) is 1. The van der Waals surface area contributed by atoms with Gasteiger partial charge in [0.25, 0.3) is 0 Å². The number of hydrogen-bond donors (Lipinski definition) is 1. The first-order chi connectivity index (χ1) is 13.9. The molecule has 0 radical (unpaired) electrons. The smallest absolute Gasteiger partial charge is 0.246 e. The number of carbonyl (C=O) groups is 1. The monoisotopic (exact) mass is 401 g/mol. The normalized spacial score (nSPS) is 19.5. The van der Waals surface area contributed by atoms with Crippen LogP contribution in [0.25, 0.3) is 6.08 Å². The number of halogens is 2. The first-order valence-electron chi connectivity index (χ1n) is 9.60. The lowest BCUT2D eigenvalue weighted by atomic mass is 9.75. The molecule has 0 bridgehead atoms. The second-order valence-electron chi connectivity index (χ2n) is 7.54. The van der Waals surface area contributed by atoms with Crippen LogP contribution in [-0.4, -0.2) is 42.7 Å². The summed E-state index contributed by atoms with van der Waals surface area (Å²) in [7, 11) is 1.59. The highest BCUT2D eigenvalue weighted by Gasteiger charge is 2.37. The molecule has 2 aromatic carbocycles. The molecule has 6 heteroatoms. The molecule has 0 spiro atoms. The van der Waals surface area contributed by atoms with Gasteiger partial charge in [-0.2, -0.15) is 0 Å². The van der Waals surface area contributed by atoms with E-state index < -0.39 is 17.0 Å². The van der Waals surface area contributed by atoms with Gasteiger partial charge >= 0.3 is 0 Å². The quantitative estimate of drug-likeness (QED) is 0.749. The Balaban J connectivity index is 1.70. The molecule has 0 aromatic heterocycles. The van der Waals surface area contributed by atoms with Crippen molar-refractivity contribution in [2.75, 3.05) is 26.8 Å². The predicted molar refractivity (Wildman–Crippen MR) is 107 cm³/mol. The molecule has 1 heterocycles. The molecule has 1 fully saturated rings. The summed E-state index contributed by atoms with van der Waals surface area (Å²) in [5.41, 5.74) is 0.585. The summed E-state index contributed by atoms with van der Waals surface area (Å²) in [4.78, 5) is 14.4. The minimum Gasteiger partial charge on any atom is -0.497 e. The molecule has 1 amide bonds. The van der Waals surface area contributed by atoms with Crippen LogP contribution in [0.15, 0.2) is 48.5 Å². The Morgan fingerprint density at radius 2 is 2.00 bits per heavy atom. The average molecular weight is 401 g/mol. The molecular weight excluding hydrogens is 376 g/mol. The first-order valence-corrected chi connectivity index (χ1v) is 9.60. The Morgan fingerprint density at radius 3 is 2.66 bits per heavy atom. The van der Waals surface area contributed by atoms with Gasteiger partial charge < -0.3 is 14.7 Å². The third kappa shape index (κ3) is 5.21. The number of amides is 1. The lowest BCUT2D eigenvalue weighted by molar-refractivity contribution is -0.130. The highest BCUT2D eigenvalue weighted by Crippen LogP contribution is 2.34. The van der Waals surface area contributed by atoms with Crippen LogP contribution >= 0.6 is 0 Å². The number of methoxy groups -OCH3 is 1. The average Bonchev–Trinajstić information content (AvgIpc) is 2.74. The summed E-state index contributed by atoms with van der Waals surface area (Å²) in [5, 5.41) is 10.0. The number of benzene rings is 2. The van der Waals surface area contributed by atoms with Gasteiger partial charge in [0.2, 0.25) is 5.91 Å². The van der Waals surface area contributed by atoms with E-state index in [1.807, 2.05) is 24.3 Å². The predicted octanol–water partition coefficient (Wildman–Crippen LogP) is 3.83. The second kappa shape index (κ2) is 9.18. The van der Waals surface area contributed by atoms with Gasteiger partial charge in [-0.25, -0.2) is 8.78 Å². The molecule has 0 unspecified atom stereocenters. The van der Waals surface area contributed by atoms with E-state index in [-0.39, 0.29) is 18.9 Å². The maximum Gasteiger partial charge on any atom is 0.246 e. The minimum atomic E-state index is -0.638. The van der Waals surface area contributed by atoms with Gasteiger partial charge in [0.05, 0.1) is 13.7 Å². The van der Waals surface area contributed by atoms with E-state index >= 15 is 0 Å². The topological polar surface area (TPSA) is 49.8 Å². The summed E-state index contributed by atoms with van der Waals surface area (Å²) in [6.45, 7) is 0.737. The Labute approximate surface area is 169 Å². The second-order valence-corrected chi connectivity index (χ2v) is 7.54. The van der Waals surface area contributed by atoms with Crippen LogP contribution in [0.2, 0.25) is 0 Å². The van der Waals surface area contributed by atoms with Crippen LogP contribution < -0.4 is 4.74 Å². The molecule has 1 saturated heterocycles. The van der Waals surface area contributed by atoms with Crippen molar-refractivity contribution < 1.29 is 23.4 Å². The van der Waals surface area contributed by atoms with Crippen LogP contribution in [0.1, 0.15) is 24.0 Å². The molecule has 29 heavy (non-hydrogen) atoms. The van der Waals surface area contributed by atoms with E-state index in [0.29, 0.717) is 31.5 Å². The van der Waals surface area contributed by atoms with Gasteiger partial charge in [-0.1, -0.05) is 18.2 Å². The number of aliphatic hydroxyl groups is 1. The first kappa shape index (κ1) is 21.0. The Hall–Kier alpha value is -2.73. The van der Waals surface area contributed by atoms with Gasteiger partial charge in [-0.05, 0) is 54.7 Å². The van der Waals surface area contributed by atoms with E-state index in [2.05, 4.69) is 0 Å². The van der Waals surface area contributed by atoms with Crippen molar-refractivity contribution in [1.82, 2.24) is 4.90 Å². The Kier molecular flexibility index (Phi) is 6.64. The molecule has 154 valence electrons. The van der Waals surface area contributed by atoms with Crippen molar-refractivity contribution in [2.24, 2.45) is 5.41 Å². The van der Waals surface area contributed by atoms with Gasteiger partial charge in [0.1, 0.15) is 17.4 Å². The third-order valence-electron chi connectivity index (χ3n) is 5.42. The van der Waals surface area contributed by atoms with Crippen molar-refractivity contribution in [3.8, 4) is 5.75 Å². The van der Waals surface area contributed by atoms with E-state index in [9.17, 15) is 18.7 Å². The van der Waals surface area contributed by atoms with Crippen molar-refractivity contribution in [1.29, 1.82) is 0 Å². The van der Waals surface area contributed by atoms with Crippen LogP contribution in [-0.2, 0) is 11.2 Å².